The lowest BCUT2D eigenvalue weighted by Crippen LogP contribution is -2.22. The molecule has 78 valence electrons. The van der Waals surface area contributed by atoms with Crippen LogP contribution in [0.3, 0.4) is 0 Å². The number of nitrogens with two attached hydrogens (primary N) is 2. The van der Waals surface area contributed by atoms with Crippen molar-refractivity contribution in [1.29, 1.82) is 0 Å². The molecule has 1 aromatic rings. The van der Waals surface area contributed by atoms with Gasteiger partial charge >= 0.3 is 0 Å². The highest BCUT2D eigenvalue weighted by molar-refractivity contribution is 9.10. The average Bonchev–Trinajstić information content (AvgIpc) is 2.59. The van der Waals surface area contributed by atoms with Gasteiger partial charge in [-0.3, -0.25) is 0 Å². The number of benzene rings is 1. The molecule has 0 radical (unpaired) electrons. The quantitative estimate of drug-likeness (QED) is 0.458. The van der Waals surface area contributed by atoms with Crippen molar-refractivity contribution in [3.63, 3.8) is 0 Å². The first-order chi connectivity index (χ1) is 7.18. The summed E-state index contributed by atoms with van der Waals surface area (Å²) in [5.41, 5.74) is 13.8. The van der Waals surface area contributed by atoms with Crippen LogP contribution in [0.15, 0.2) is 32.9 Å². The first kappa shape index (κ1) is 10.2. The zero-order valence-electron chi connectivity index (χ0n) is 8.07. The lowest BCUT2D eigenvalue weighted by Gasteiger charge is -2.00. The minimum absolute atomic E-state index is 0.00838. The van der Waals surface area contributed by atoms with Crippen LogP contribution in [-0.2, 0) is 6.42 Å². The zero-order chi connectivity index (χ0) is 10.8. The maximum atomic E-state index is 5.23. The predicted octanol–water partition coefficient (Wildman–Crippen LogP) is 1.37. The fourth-order valence-corrected chi connectivity index (χ4v) is 2.25. The Hall–Kier alpha value is -1.36. The Balaban J connectivity index is 2.41. The largest absolute Gasteiger partial charge is 0.369 e. The van der Waals surface area contributed by atoms with Crippen molar-refractivity contribution in [3.05, 3.63) is 33.8 Å². The number of nitrogens with zero attached hydrogens (tertiary/aromatic N) is 2. The van der Waals surface area contributed by atoms with E-state index < -0.39 is 0 Å². The molecule has 1 aliphatic rings. The maximum absolute atomic E-state index is 5.23. The Kier molecular flexibility index (Phi) is 2.73. The molecule has 0 fully saturated rings. The summed E-state index contributed by atoms with van der Waals surface area (Å²) in [4.78, 5) is 0. The van der Waals surface area contributed by atoms with E-state index in [1.54, 1.807) is 0 Å². The van der Waals surface area contributed by atoms with Crippen molar-refractivity contribution in [2.24, 2.45) is 21.7 Å². The van der Waals surface area contributed by atoms with Crippen LogP contribution in [0.1, 0.15) is 17.5 Å². The third kappa shape index (κ3) is 2.02. The monoisotopic (exact) mass is 266 g/mol. The van der Waals surface area contributed by atoms with Crippen molar-refractivity contribution in [2.45, 2.75) is 12.8 Å². The first-order valence-corrected chi connectivity index (χ1v) is 5.41. The van der Waals surface area contributed by atoms with Gasteiger partial charge in [-0.1, -0.05) is 28.1 Å². The number of guanidine groups is 1. The summed E-state index contributed by atoms with van der Waals surface area (Å²) >= 11 is 3.51. The van der Waals surface area contributed by atoms with E-state index in [9.17, 15) is 0 Å². The molecular formula is C10H11BrN4. The van der Waals surface area contributed by atoms with Crippen LogP contribution in [0.2, 0.25) is 0 Å². The van der Waals surface area contributed by atoms with E-state index in [4.69, 9.17) is 11.5 Å². The summed E-state index contributed by atoms with van der Waals surface area (Å²) in [5, 5.41) is 7.72. The molecule has 0 bridgehead atoms. The summed E-state index contributed by atoms with van der Waals surface area (Å²) < 4.78 is 1.12. The summed E-state index contributed by atoms with van der Waals surface area (Å²) in [5.74, 6) is -0.00838. The van der Waals surface area contributed by atoms with E-state index in [0.717, 1.165) is 28.6 Å². The molecule has 2 rings (SSSR count). The van der Waals surface area contributed by atoms with E-state index in [2.05, 4.69) is 26.1 Å². The van der Waals surface area contributed by atoms with Gasteiger partial charge in [0.15, 0.2) is 0 Å². The molecular weight excluding hydrogens is 256 g/mol. The van der Waals surface area contributed by atoms with Crippen LogP contribution < -0.4 is 11.5 Å². The molecule has 1 aromatic carbocycles. The van der Waals surface area contributed by atoms with Crippen LogP contribution in [0.4, 0.5) is 0 Å². The second-order valence-electron chi connectivity index (χ2n) is 3.34. The molecule has 0 aliphatic heterocycles. The van der Waals surface area contributed by atoms with Crippen molar-refractivity contribution in [2.75, 3.05) is 0 Å². The van der Waals surface area contributed by atoms with Crippen LogP contribution >= 0.6 is 15.9 Å². The molecule has 4 nitrogen and oxygen atoms in total. The number of rotatable bonds is 1. The lowest BCUT2D eigenvalue weighted by molar-refractivity contribution is 1.07. The normalized spacial score (nSPS) is 16.5. The van der Waals surface area contributed by atoms with Crippen LogP contribution in [0.5, 0.6) is 0 Å². The summed E-state index contributed by atoms with van der Waals surface area (Å²) in [6.07, 6.45) is 1.87. The molecule has 4 N–H and O–H groups in total. The standard InChI is InChI=1S/C10H11BrN4/c11-8-3-1-2-7-6(8)4-5-9(7)14-15-10(12)13/h1-3H,4-5H2,(H4,12,13,15)/b14-9-. The van der Waals surface area contributed by atoms with Gasteiger partial charge in [0.05, 0.1) is 5.71 Å². The fraction of sp³-hybridized carbons (Fsp3) is 0.200. The third-order valence-electron chi connectivity index (χ3n) is 2.33. The Morgan fingerprint density at radius 3 is 2.80 bits per heavy atom. The SMILES string of the molecule is NC(N)=N/N=C1/CCc2c(Br)cccc21. The van der Waals surface area contributed by atoms with Crippen molar-refractivity contribution >= 4 is 27.6 Å². The molecule has 0 saturated heterocycles. The summed E-state index contributed by atoms with van der Waals surface area (Å²) in [6.45, 7) is 0. The van der Waals surface area contributed by atoms with E-state index in [1.807, 2.05) is 18.2 Å². The van der Waals surface area contributed by atoms with Gasteiger partial charge in [-0.05, 0) is 24.5 Å². The summed E-state index contributed by atoms with van der Waals surface area (Å²) in [7, 11) is 0. The summed E-state index contributed by atoms with van der Waals surface area (Å²) in [6, 6.07) is 6.05. The zero-order valence-corrected chi connectivity index (χ0v) is 9.66. The highest BCUT2D eigenvalue weighted by Gasteiger charge is 2.19. The second kappa shape index (κ2) is 4.02. The molecule has 5 heteroatoms. The highest BCUT2D eigenvalue weighted by atomic mass is 79.9. The minimum atomic E-state index is -0.00838. The number of fused-ring (bicyclic) bond motifs is 1. The Morgan fingerprint density at radius 2 is 2.07 bits per heavy atom. The van der Waals surface area contributed by atoms with Gasteiger partial charge in [0, 0.05) is 10.0 Å². The van der Waals surface area contributed by atoms with Gasteiger partial charge in [-0.2, -0.15) is 5.10 Å². The van der Waals surface area contributed by atoms with E-state index in [1.165, 1.54) is 5.56 Å². The number of hydrogen-bond donors (Lipinski definition) is 2. The van der Waals surface area contributed by atoms with Crippen LogP contribution in [-0.4, -0.2) is 11.7 Å². The predicted molar refractivity (Wildman–Crippen MR) is 64.8 cm³/mol. The molecule has 0 atom stereocenters. The Morgan fingerprint density at radius 1 is 1.27 bits per heavy atom. The molecule has 0 unspecified atom stereocenters. The van der Waals surface area contributed by atoms with Crippen molar-refractivity contribution < 1.29 is 0 Å². The third-order valence-corrected chi connectivity index (χ3v) is 3.07. The van der Waals surface area contributed by atoms with Gasteiger partial charge in [-0.15, -0.1) is 5.10 Å². The van der Waals surface area contributed by atoms with Gasteiger partial charge in [0.1, 0.15) is 0 Å². The highest BCUT2D eigenvalue weighted by Crippen LogP contribution is 2.29. The minimum Gasteiger partial charge on any atom is -0.369 e. The van der Waals surface area contributed by atoms with Gasteiger partial charge in [0.25, 0.3) is 0 Å². The fourth-order valence-electron chi connectivity index (χ4n) is 1.68. The number of halogens is 1. The van der Waals surface area contributed by atoms with E-state index in [0.29, 0.717) is 0 Å². The molecule has 1 aliphatic carbocycles. The number of hydrogen-bond acceptors (Lipinski definition) is 2. The van der Waals surface area contributed by atoms with Crippen molar-refractivity contribution in [1.82, 2.24) is 0 Å². The second-order valence-corrected chi connectivity index (χ2v) is 4.19. The molecule has 15 heavy (non-hydrogen) atoms. The molecule has 0 spiro atoms. The van der Waals surface area contributed by atoms with Gasteiger partial charge in [0.2, 0.25) is 5.96 Å². The Bertz CT molecular complexity index is 447. The molecule has 0 aromatic heterocycles. The molecule has 0 heterocycles. The lowest BCUT2D eigenvalue weighted by atomic mass is 10.1. The van der Waals surface area contributed by atoms with E-state index >= 15 is 0 Å². The van der Waals surface area contributed by atoms with Crippen LogP contribution in [0.25, 0.3) is 0 Å². The smallest absolute Gasteiger partial charge is 0.211 e. The molecule has 0 saturated carbocycles. The molecule has 0 amide bonds. The first-order valence-electron chi connectivity index (χ1n) is 4.61. The Labute approximate surface area is 96.2 Å². The topological polar surface area (TPSA) is 76.8 Å². The van der Waals surface area contributed by atoms with Crippen molar-refractivity contribution in [3.8, 4) is 0 Å². The van der Waals surface area contributed by atoms with Crippen LogP contribution in [0, 0.1) is 0 Å². The van der Waals surface area contributed by atoms with Gasteiger partial charge in [-0.25, -0.2) is 0 Å². The van der Waals surface area contributed by atoms with Gasteiger partial charge < -0.3 is 11.5 Å². The average molecular weight is 267 g/mol. The maximum Gasteiger partial charge on any atom is 0.211 e. The van der Waals surface area contributed by atoms with E-state index in [-0.39, 0.29) is 5.96 Å².